The molecule has 2 heterocycles. The summed E-state index contributed by atoms with van der Waals surface area (Å²) in [6, 6.07) is 17.2. The van der Waals surface area contributed by atoms with Crippen LogP contribution in [-0.4, -0.2) is 40.3 Å². The number of imidazole rings is 1. The van der Waals surface area contributed by atoms with Gasteiger partial charge in [0.05, 0.1) is 17.5 Å². The van der Waals surface area contributed by atoms with E-state index in [2.05, 4.69) is 4.98 Å². The molecule has 0 radical (unpaired) electrons. The Labute approximate surface area is 188 Å². The lowest BCUT2D eigenvalue weighted by atomic mass is 10.1. The lowest BCUT2D eigenvalue weighted by molar-refractivity contribution is -0.0570. The van der Waals surface area contributed by atoms with Crippen LogP contribution in [0.15, 0.2) is 67.0 Å². The Kier molecular flexibility index (Phi) is 6.56. The van der Waals surface area contributed by atoms with E-state index in [1.54, 1.807) is 59.2 Å². The topological polar surface area (TPSA) is 79.7 Å². The van der Waals surface area contributed by atoms with E-state index in [1.165, 1.54) is 6.33 Å². The molecule has 3 aromatic rings. The van der Waals surface area contributed by atoms with Crippen molar-refractivity contribution in [2.24, 2.45) is 0 Å². The smallest absolute Gasteiger partial charge is 0.338 e. The second-order valence-corrected chi connectivity index (χ2v) is 7.59. The van der Waals surface area contributed by atoms with Gasteiger partial charge in [-0.05, 0) is 24.3 Å². The standard InChI is InChI=1S/C22H18Cl2N2O5/c23-19-20(24)26(13-25-19)18-11-16(31-22(28)15-9-5-2-6-10-15)17(30-18)12-29-21(27)14-7-3-1-4-8-14/h1-10,13,16-18H,11-12H2/t16-,17+,18-/m0/s1. The van der Waals surface area contributed by atoms with Crippen LogP contribution in [0.2, 0.25) is 10.3 Å². The first-order valence-corrected chi connectivity index (χ1v) is 10.3. The Morgan fingerprint density at radius 3 is 2.19 bits per heavy atom. The summed E-state index contributed by atoms with van der Waals surface area (Å²) in [5, 5.41) is 0.351. The molecule has 7 nitrogen and oxygen atoms in total. The maximum atomic E-state index is 12.6. The number of rotatable bonds is 6. The van der Waals surface area contributed by atoms with E-state index < -0.39 is 30.4 Å². The number of hydrogen-bond donors (Lipinski definition) is 0. The number of carbonyl (C=O) groups excluding carboxylic acids is 2. The van der Waals surface area contributed by atoms with Gasteiger partial charge in [-0.2, -0.15) is 0 Å². The number of ether oxygens (including phenoxy) is 3. The van der Waals surface area contributed by atoms with E-state index in [-0.39, 0.29) is 16.9 Å². The normalized spacial score (nSPS) is 20.4. The number of hydrogen-bond acceptors (Lipinski definition) is 6. The Morgan fingerprint density at radius 2 is 1.61 bits per heavy atom. The highest BCUT2D eigenvalue weighted by Gasteiger charge is 2.40. The number of nitrogens with zero attached hydrogens (tertiary/aromatic N) is 2. The molecule has 1 aromatic heterocycles. The molecule has 160 valence electrons. The van der Waals surface area contributed by atoms with Crippen LogP contribution >= 0.6 is 23.2 Å². The van der Waals surface area contributed by atoms with E-state index in [4.69, 9.17) is 37.4 Å². The van der Waals surface area contributed by atoms with E-state index in [1.807, 2.05) is 6.07 Å². The van der Waals surface area contributed by atoms with Gasteiger partial charge in [0.2, 0.25) is 0 Å². The molecule has 0 spiro atoms. The van der Waals surface area contributed by atoms with Crippen LogP contribution in [0.25, 0.3) is 0 Å². The lowest BCUT2D eigenvalue weighted by Gasteiger charge is -2.19. The number of aromatic nitrogens is 2. The molecular weight excluding hydrogens is 443 g/mol. The van der Waals surface area contributed by atoms with Crippen LogP contribution in [-0.2, 0) is 14.2 Å². The zero-order valence-electron chi connectivity index (χ0n) is 16.2. The number of esters is 2. The zero-order chi connectivity index (χ0) is 21.8. The maximum absolute atomic E-state index is 12.6. The van der Waals surface area contributed by atoms with E-state index in [0.29, 0.717) is 17.5 Å². The first-order valence-electron chi connectivity index (χ1n) is 9.54. The molecule has 1 fully saturated rings. The van der Waals surface area contributed by atoms with Gasteiger partial charge in [0.25, 0.3) is 0 Å². The van der Waals surface area contributed by atoms with Gasteiger partial charge < -0.3 is 14.2 Å². The zero-order valence-corrected chi connectivity index (χ0v) is 17.7. The van der Waals surface area contributed by atoms with Crippen molar-refractivity contribution in [2.75, 3.05) is 6.61 Å². The van der Waals surface area contributed by atoms with Crippen LogP contribution in [0.5, 0.6) is 0 Å². The van der Waals surface area contributed by atoms with Crippen molar-refractivity contribution in [2.45, 2.75) is 24.9 Å². The molecule has 0 saturated carbocycles. The number of carbonyl (C=O) groups is 2. The van der Waals surface area contributed by atoms with Crippen molar-refractivity contribution in [3.8, 4) is 0 Å². The molecule has 1 saturated heterocycles. The summed E-state index contributed by atoms with van der Waals surface area (Å²) in [6.45, 7) is -0.100. The summed E-state index contributed by atoms with van der Waals surface area (Å²) in [7, 11) is 0. The average molecular weight is 461 g/mol. The summed E-state index contributed by atoms with van der Waals surface area (Å²) in [6.07, 6.45) is -0.204. The van der Waals surface area contributed by atoms with E-state index in [9.17, 15) is 9.59 Å². The van der Waals surface area contributed by atoms with Gasteiger partial charge in [-0.1, -0.05) is 59.6 Å². The minimum atomic E-state index is -0.692. The third kappa shape index (κ3) is 4.90. The van der Waals surface area contributed by atoms with Crippen LogP contribution in [0.4, 0.5) is 0 Å². The minimum Gasteiger partial charge on any atom is -0.459 e. The van der Waals surface area contributed by atoms with Crippen molar-refractivity contribution in [1.29, 1.82) is 0 Å². The molecule has 1 aliphatic rings. The van der Waals surface area contributed by atoms with Crippen LogP contribution in [0, 0.1) is 0 Å². The SMILES string of the molecule is O=C(OC[C@H]1O[C@H](n2cnc(Cl)c2Cl)C[C@@H]1OC(=O)c1ccccc1)c1ccccc1. The molecular formula is C22H18Cl2N2O5. The van der Waals surface area contributed by atoms with Gasteiger partial charge >= 0.3 is 11.9 Å². The van der Waals surface area contributed by atoms with Crippen molar-refractivity contribution in [3.05, 3.63) is 88.4 Å². The van der Waals surface area contributed by atoms with Crippen LogP contribution < -0.4 is 0 Å². The Bertz CT molecular complexity index is 1060. The molecule has 3 atom stereocenters. The number of halogens is 2. The Balaban J connectivity index is 1.48. The monoisotopic (exact) mass is 460 g/mol. The first kappa shape index (κ1) is 21.4. The molecule has 0 N–H and O–H groups in total. The molecule has 9 heteroatoms. The summed E-state index contributed by atoms with van der Waals surface area (Å²) < 4.78 is 18.6. The Morgan fingerprint density at radius 1 is 1.00 bits per heavy atom. The molecule has 1 aliphatic heterocycles. The van der Waals surface area contributed by atoms with Gasteiger partial charge in [-0.25, -0.2) is 14.6 Å². The third-order valence-electron chi connectivity index (χ3n) is 4.84. The first-order chi connectivity index (χ1) is 15.0. The minimum absolute atomic E-state index is 0.100. The summed E-state index contributed by atoms with van der Waals surface area (Å²) in [5.41, 5.74) is 0.828. The predicted molar refractivity (Wildman–Crippen MR) is 113 cm³/mol. The fourth-order valence-electron chi connectivity index (χ4n) is 3.26. The lowest BCUT2D eigenvalue weighted by Crippen LogP contribution is -2.32. The van der Waals surface area contributed by atoms with E-state index >= 15 is 0 Å². The quantitative estimate of drug-likeness (QED) is 0.501. The third-order valence-corrected chi connectivity index (χ3v) is 5.59. The van der Waals surface area contributed by atoms with Crippen molar-refractivity contribution >= 4 is 35.1 Å². The highest BCUT2D eigenvalue weighted by atomic mass is 35.5. The van der Waals surface area contributed by atoms with Gasteiger partial charge in [0, 0.05) is 6.42 Å². The molecule has 0 unspecified atom stereocenters. The molecule has 2 aromatic carbocycles. The van der Waals surface area contributed by atoms with E-state index in [0.717, 1.165) is 0 Å². The highest BCUT2D eigenvalue weighted by molar-refractivity contribution is 6.40. The van der Waals surface area contributed by atoms with Crippen molar-refractivity contribution in [1.82, 2.24) is 9.55 Å². The summed E-state index contributed by atoms with van der Waals surface area (Å²) >= 11 is 12.1. The van der Waals surface area contributed by atoms with Crippen molar-refractivity contribution in [3.63, 3.8) is 0 Å². The fraction of sp³-hybridized carbons (Fsp3) is 0.227. The van der Waals surface area contributed by atoms with Gasteiger partial charge in [0.1, 0.15) is 30.2 Å². The second-order valence-electron chi connectivity index (χ2n) is 6.87. The maximum Gasteiger partial charge on any atom is 0.338 e. The van der Waals surface area contributed by atoms with Gasteiger partial charge in [-0.3, -0.25) is 4.57 Å². The molecule has 31 heavy (non-hydrogen) atoms. The highest BCUT2D eigenvalue weighted by Crippen LogP contribution is 2.35. The molecule has 0 aliphatic carbocycles. The predicted octanol–water partition coefficient (Wildman–Crippen LogP) is 4.56. The molecule has 4 rings (SSSR count). The van der Waals surface area contributed by atoms with Crippen LogP contribution in [0.1, 0.15) is 33.4 Å². The van der Waals surface area contributed by atoms with Gasteiger partial charge in [0.15, 0.2) is 5.15 Å². The molecule has 0 bridgehead atoms. The largest absolute Gasteiger partial charge is 0.459 e. The number of benzene rings is 2. The van der Waals surface area contributed by atoms with Crippen molar-refractivity contribution < 1.29 is 23.8 Å². The fourth-order valence-corrected chi connectivity index (χ4v) is 3.61. The summed E-state index contributed by atoms with van der Waals surface area (Å²) in [4.78, 5) is 28.8. The average Bonchev–Trinajstić information content (AvgIpc) is 3.35. The molecule has 0 amide bonds. The Hall–Kier alpha value is -2.87. The second kappa shape index (κ2) is 9.51. The van der Waals surface area contributed by atoms with Gasteiger partial charge in [-0.15, -0.1) is 0 Å². The van der Waals surface area contributed by atoms with Crippen LogP contribution in [0.3, 0.4) is 0 Å². The summed E-state index contributed by atoms with van der Waals surface area (Å²) in [5.74, 6) is -0.992.